The Bertz CT molecular complexity index is 822. The summed E-state index contributed by atoms with van der Waals surface area (Å²) >= 11 is 3.28. The average Bonchev–Trinajstić information content (AvgIpc) is 2.55. The minimum Gasteiger partial charge on any atom is -0.381 e. The molecule has 0 saturated carbocycles. The number of rotatable bonds is 3. The van der Waals surface area contributed by atoms with E-state index < -0.39 is 0 Å². The first-order chi connectivity index (χ1) is 10.6. The monoisotopic (exact) mass is 358 g/mol. The molecule has 0 aliphatic rings. The Hall–Kier alpha value is -2.25. The van der Waals surface area contributed by atoms with Gasteiger partial charge in [0.05, 0.1) is 17.8 Å². The minimum atomic E-state index is -0.115. The van der Waals surface area contributed by atoms with E-state index >= 15 is 0 Å². The zero-order valence-electron chi connectivity index (χ0n) is 11.9. The number of nitrogens with zero attached hydrogens (tertiary/aromatic N) is 4. The van der Waals surface area contributed by atoms with Crippen LogP contribution < -0.4 is 16.6 Å². The van der Waals surface area contributed by atoms with Crippen molar-refractivity contribution in [1.29, 1.82) is 0 Å². The van der Waals surface area contributed by atoms with Crippen molar-refractivity contribution in [1.82, 2.24) is 15.0 Å². The first kappa shape index (κ1) is 14.7. The van der Waals surface area contributed by atoms with E-state index in [-0.39, 0.29) is 6.04 Å². The molecule has 0 spiro atoms. The summed E-state index contributed by atoms with van der Waals surface area (Å²) in [5.41, 5.74) is 7.86. The van der Waals surface area contributed by atoms with Crippen LogP contribution in [0.15, 0.2) is 47.3 Å². The fraction of sp³-hybridized carbons (Fsp3) is 0.133. The van der Waals surface area contributed by atoms with Crippen LogP contribution in [0.5, 0.6) is 0 Å². The van der Waals surface area contributed by atoms with Gasteiger partial charge in [-0.1, -0.05) is 12.1 Å². The van der Waals surface area contributed by atoms with Gasteiger partial charge in [0, 0.05) is 11.6 Å². The standard InChI is InChI=1S/C15H15BrN6/c1-9(22(18)15-14(17)20-8-13(16)21-15)10-4-5-12-11(7-10)3-2-6-19-12/h2-9H,18H2,1H3,(H2,17,20). The van der Waals surface area contributed by atoms with Crippen LogP contribution in [0.2, 0.25) is 0 Å². The Morgan fingerprint density at radius 3 is 2.86 bits per heavy atom. The number of fused-ring (bicyclic) bond motifs is 1. The molecule has 112 valence electrons. The lowest BCUT2D eigenvalue weighted by Gasteiger charge is -2.26. The highest BCUT2D eigenvalue weighted by molar-refractivity contribution is 9.10. The van der Waals surface area contributed by atoms with Crippen molar-refractivity contribution in [3.05, 3.63) is 52.9 Å². The van der Waals surface area contributed by atoms with Crippen LogP contribution in [0.3, 0.4) is 0 Å². The van der Waals surface area contributed by atoms with Crippen LogP contribution in [-0.2, 0) is 0 Å². The molecule has 1 aromatic carbocycles. The number of hydrogen-bond acceptors (Lipinski definition) is 6. The van der Waals surface area contributed by atoms with E-state index in [1.807, 2.05) is 31.2 Å². The summed E-state index contributed by atoms with van der Waals surface area (Å²) in [6.07, 6.45) is 3.32. The highest BCUT2D eigenvalue weighted by Gasteiger charge is 2.18. The van der Waals surface area contributed by atoms with Crippen LogP contribution in [-0.4, -0.2) is 15.0 Å². The third kappa shape index (κ3) is 2.72. The molecule has 3 aromatic rings. The second kappa shape index (κ2) is 5.86. The predicted octanol–water partition coefficient (Wildman–Crippen LogP) is 2.81. The normalized spacial score (nSPS) is 12.3. The van der Waals surface area contributed by atoms with Crippen molar-refractivity contribution in [3.8, 4) is 0 Å². The first-order valence-corrected chi connectivity index (χ1v) is 7.52. The van der Waals surface area contributed by atoms with E-state index in [0.29, 0.717) is 16.2 Å². The lowest BCUT2D eigenvalue weighted by atomic mass is 10.0. The Kier molecular flexibility index (Phi) is 3.91. The number of hydrogen-bond donors (Lipinski definition) is 2. The van der Waals surface area contributed by atoms with Crippen molar-refractivity contribution in [2.24, 2.45) is 5.84 Å². The van der Waals surface area contributed by atoms with Crippen LogP contribution in [0, 0.1) is 0 Å². The number of nitrogens with two attached hydrogens (primary N) is 2. The molecule has 0 aliphatic carbocycles. The molecule has 7 heteroatoms. The van der Waals surface area contributed by atoms with E-state index in [2.05, 4.69) is 36.9 Å². The maximum Gasteiger partial charge on any atom is 0.187 e. The molecule has 2 aromatic heterocycles. The number of anilines is 2. The van der Waals surface area contributed by atoms with Gasteiger partial charge in [0.2, 0.25) is 0 Å². The van der Waals surface area contributed by atoms with Gasteiger partial charge in [-0.15, -0.1) is 0 Å². The Morgan fingerprint density at radius 2 is 2.05 bits per heavy atom. The molecule has 0 aliphatic heterocycles. The fourth-order valence-electron chi connectivity index (χ4n) is 2.26. The highest BCUT2D eigenvalue weighted by atomic mass is 79.9. The van der Waals surface area contributed by atoms with E-state index in [4.69, 9.17) is 11.6 Å². The van der Waals surface area contributed by atoms with E-state index in [0.717, 1.165) is 16.5 Å². The highest BCUT2D eigenvalue weighted by Crippen LogP contribution is 2.28. The predicted molar refractivity (Wildman–Crippen MR) is 91.0 cm³/mol. The van der Waals surface area contributed by atoms with Gasteiger partial charge in [-0.2, -0.15) is 0 Å². The molecule has 0 saturated heterocycles. The molecule has 1 atom stereocenters. The topological polar surface area (TPSA) is 94.0 Å². The lowest BCUT2D eigenvalue weighted by Crippen LogP contribution is -2.35. The van der Waals surface area contributed by atoms with Crippen molar-refractivity contribution in [3.63, 3.8) is 0 Å². The molecule has 0 fully saturated rings. The number of nitrogen functional groups attached to an aromatic ring is 1. The SMILES string of the molecule is CC(c1ccc2ncccc2c1)N(N)c1nc(Br)cnc1N. The summed E-state index contributed by atoms with van der Waals surface area (Å²) in [7, 11) is 0. The molecule has 3 rings (SSSR count). The van der Waals surface area contributed by atoms with E-state index in [1.54, 1.807) is 12.4 Å². The number of aromatic nitrogens is 3. The summed E-state index contributed by atoms with van der Waals surface area (Å²) in [5, 5.41) is 2.58. The molecule has 2 heterocycles. The first-order valence-electron chi connectivity index (χ1n) is 6.73. The average molecular weight is 359 g/mol. The molecule has 0 bridgehead atoms. The summed E-state index contributed by atoms with van der Waals surface area (Å²) in [6.45, 7) is 1.99. The van der Waals surface area contributed by atoms with E-state index in [9.17, 15) is 0 Å². The fourth-order valence-corrected chi connectivity index (χ4v) is 2.53. The van der Waals surface area contributed by atoms with Gasteiger partial charge < -0.3 is 5.73 Å². The largest absolute Gasteiger partial charge is 0.381 e. The minimum absolute atomic E-state index is 0.115. The van der Waals surface area contributed by atoms with Crippen LogP contribution in [0.1, 0.15) is 18.5 Å². The van der Waals surface area contributed by atoms with Gasteiger partial charge in [0.15, 0.2) is 11.6 Å². The second-order valence-corrected chi connectivity index (χ2v) is 5.75. The molecule has 22 heavy (non-hydrogen) atoms. The summed E-state index contributed by atoms with van der Waals surface area (Å²) in [6, 6.07) is 9.86. The molecular formula is C15H15BrN6. The number of benzene rings is 1. The maximum atomic E-state index is 6.20. The summed E-state index contributed by atoms with van der Waals surface area (Å²) < 4.78 is 0.585. The molecule has 4 N–H and O–H groups in total. The molecule has 0 amide bonds. The number of hydrazine groups is 1. The summed E-state index contributed by atoms with van der Waals surface area (Å²) in [5.74, 6) is 6.93. The zero-order valence-corrected chi connectivity index (χ0v) is 13.5. The van der Waals surface area contributed by atoms with Crippen LogP contribution in [0.25, 0.3) is 10.9 Å². The van der Waals surface area contributed by atoms with Crippen molar-refractivity contribution < 1.29 is 0 Å². The maximum absolute atomic E-state index is 6.20. The third-order valence-electron chi connectivity index (χ3n) is 3.52. The molecule has 6 nitrogen and oxygen atoms in total. The number of halogens is 1. The third-order valence-corrected chi connectivity index (χ3v) is 3.91. The van der Waals surface area contributed by atoms with Crippen LogP contribution >= 0.6 is 15.9 Å². The quantitative estimate of drug-likeness (QED) is 0.552. The van der Waals surface area contributed by atoms with Crippen molar-refractivity contribution >= 4 is 38.5 Å². The van der Waals surface area contributed by atoms with E-state index in [1.165, 1.54) is 5.01 Å². The second-order valence-electron chi connectivity index (χ2n) is 4.94. The molecule has 1 unspecified atom stereocenters. The zero-order chi connectivity index (χ0) is 15.7. The Morgan fingerprint density at radius 1 is 1.23 bits per heavy atom. The van der Waals surface area contributed by atoms with Gasteiger partial charge in [0.1, 0.15) is 4.60 Å². The number of pyridine rings is 1. The van der Waals surface area contributed by atoms with Gasteiger partial charge >= 0.3 is 0 Å². The van der Waals surface area contributed by atoms with Gasteiger partial charge in [-0.05, 0) is 46.6 Å². The van der Waals surface area contributed by atoms with Crippen LogP contribution in [0.4, 0.5) is 11.6 Å². The van der Waals surface area contributed by atoms with Gasteiger partial charge in [-0.25, -0.2) is 15.8 Å². The van der Waals surface area contributed by atoms with Crippen molar-refractivity contribution in [2.75, 3.05) is 10.7 Å². The van der Waals surface area contributed by atoms with Gasteiger partial charge in [-0.3, -0.25) is 9.99 Å². The van der Waals surface area contributed by atoms with Gasteiger partial charge in [0.25, 0.3) is 0 Å². The Labute approximate surface area is 136 Å². The summed E-state index contributed by atoms with van der Waals surface area (Å²) in [4.78, 5) is 12.7. The van der Waals surface area contributed by atoms with Crippen molar-refractivity contribution in [2.45, 2.75) is 13.0 Å². The Balaban J connectivity index is 1.97. The smallest absolute Gasteiger partial charge is 0.187 e. The lowest BCUT2D eigenvalue weighted by molar-refractivity contribution is 0.686. The molecular weight excluding hydrogens is 344 g/mol. The molecule has 0 radical (unpaired) electrons.